The fraction of sp³-hybridized carbons (Fsp3) is 0.333. The molecular formula is C9H11F. The molecule has 10 heavy (non-hydrogen) atoms. The highest BCUT2D eigenvalue weighted by molar-refractivity contribution is 5.30. The van der Waals surface area contributed by atoms with Crippen molar-refractivity contribution >= 4 is 0 Å². The van der Waals surface area contributed by atoms with Gasteiger partial charge in [0.2, 0.25) is 0 Å². The standard InChI is InChI=1S/C9H11F/c1-6-4-8(3)9(10)5-7(6)2/h4-5H,1-3H3/i10-1. The summed E-state index contributed by atoms with van der Waals surface area (Å²) < 4.78 is 12.8. The molecule has 0 saturated heterocycles. The Morgan fingerprint density at radius 3 is 1.90 bits per heavy atom. The molecule has 1 aromatic carbocycles. The number of hydrogen-bond donors (Lipinski definition) is 0. The zero-order valence-electron chi connectivity index (χ0n) is 6.53. The molecule has 1 heteroatoms. The van der Waals surface area contributed by atoms with Crippen LogP contribution in [0.5, 0.6) is 0 Å². The van der Waals surface area contributed by atoms with E-state index in [0.29, 0.717) is 0 Å². The number of halogens is 1. The maximum atomic E-state index is 12.8. The van der Waals surface area contributed by atoms with Gasteiger partial charge in [0.05, 0.1) is 0 Å². The first-order valence-electron chi connectivity index (χ1n) is 3.34. The van der Waals surface area contributed by atoms with Gasteiger partial charge in [-0.2, -0.15) is 0 Å². The van der Waals surface area contributed by atoms with Crippen LogP contribution < -0.4 is 0 Å². The van der Waals surface area contributed by atoms with Crippen LogP contribution in [0.3, 0.4) is 0 Å². The summed E-state index contributed by atoms with van der Waals surface area (Å²) in [7, 11) is 0. The zero-order valence-corrected chi connectivity index (χ0v) is 6.53. The molecule has 0 nitrogen and oxygen atoms in total. The maximum Gasteiger partial charge on any atom is 0.126 e. The van der Waals surface area contributed by atoms with E-state index in [0.717, 1.165) is 16.7 Å². The minimum Gasteiger partial charge on any atom is -0.207 e. The lowest BCUT2D eigenvalue weighted by molar-refractivity contribution is 0.616. The van der Waals surface area contributed by atoms with Crippen LogP contribution in [0.4, 0.5) is 4.39 Å². The highest BCUT2D eigenvalue weighted by atomic mass is 18.2. The van der Waals surface area contributed by atoms with Gasteiger partial charge in [-0.25, -0.2) is 4.39 Å². The largest absolute Gasteiger partial charge is 0.207 e. The molecule has 0 amide bonds. The molecule has 0 N–H and O–H groups in total. The van der Waals surface area contributed by atoms with E-state index in [4.69, 9.17) is 0 Å². The van der Waals surface area contributed by atoms with Crippen LogP contribution in [-0.2, 0) is 0 Å². The van der Waals surface area contributed by atoms with Crippen LogP contribution in [0.15, 0.2) is 12.1 Å². The summed E-state index contributed by atoms with van der Waals surface area (Å²) in [5.74, 6) is -0.108. The molecular weight excluding hydrogens is 126 g/mol. The van der Waals surface area contributed by atoms with E-state index in [9.17, 15) is 4.39 Å². The van der Waals surface area contributed by atoms with E-state index in [1.807, 2.05) is 19.9 Å². The van der Waals surface area contributed by atoms with Gasteiger partial charge in [0, 0.05) is 0 Å². The van der Waals surface area contributed by atoms with Crippen molar-refractivity contribution in [2.45, 2.75) is 20.8 Å². The smallest absolute Gasteiger partial charge is 0.126 e. The number of benzene rings is 1. The first-order valence-corrected chi connectivity index (χ1v) is 3.34. The van der Waals surface area contributed by atoms with Crippen molar-refractivity contribution in [3.63, 3.8) is 0 Å². The van der Waals surface area contributed by atoms with E-state index in [1.165, 1.54) is 0 Å². The van der Waals surface area contributed by atoms with Crippen LogP contribution >= 0.6 is 0 Å². The Kier molecular flexibility index (Phi) is 1.75. The average molecular weight is 137 g/mol. The molecule has 0 heterocycles. The molecule has 0 spiro atoms. The van der Waals surface area contributed by atoms with Crippen molar-refractivity contribution in [1.29, 1.82) is 0 Å². The van der Waals surface area contributed by atoms with Gasteiger partial charge in [-0.15, -0.1) is 0 Å². The molecule has 0 unspecified atom stereocenters. The topological polar surface area (TPSA) is 0 Å². The lowest BCUT2D eigenvalue weighted by Crippen LogP contribution is -1.87. The first-order chi connectivity index (χ1) is 4.61. The Labute approximate surface area is 60.7 Å². The van der Waals surface area contributed by atoms with Crippen LogP contribution in [0.2, 0.25) is 0 Å². The molecule has 0 saturated carbocycles. The summed E-state index contributed by atoms with van der Waals surface area (Å²) in [6.07, 6.45) is 0. The first kappa shape index (κ1) is 7.26. The molecule has 0 bridgehead atoms. The highest BCUT2D eigenvalue weighted by Crippen LogP contribution is 2.12. The Bertz CT molecular complexity index is 201. The predicted molar refractivity (Wildman–Crippen MR) is 40.6 cm³/mol. The monoisotopic (exact) mass is 137 g/mol. The molecule has 0 radical (unpaired) electrons. The second-order valence-electron chi connectivity index (χ2n) is 2.69. The van der Waals surface area contributed by atoms with Crippen molar-refractivity contribution in [1.82, 2.24) is 0 Å². The van der Waals surface area contributed by atoms with Gasteiger partial charge in [-0.1, -0.05) is 6.07 Å². The van der Waals surface area contributed by atoms with Crippen molar-refractivity contribution in [2.75, 3.05) is 0 Å². The second-order valence-corrected chi connectivity index (χ2v) is 2.69. The predicted octanol–water partition coefficient (Wildman–Crippen LogP) is 2.75. The van der Waals surface area contributed by atoms with Gasteiger partial charge >= 0.3 is 0 Å². The van der Waals surface area contributed by atoms with E-state index in [1.54, 1.807) is 13.0 Å². The molecule has 54 valence electrons. The molecule has 0 aliphatic rings. The molecule has 0 atom stereocenters. The third-order valence-electron chi connectivity index (χ3n) is 1.77. The number of hydrogen-bond acceptors (Lipinski definition) is 0. The van der Waals surface area contributed by atoms with E-state index in [2.05, 4.69) is 0 Å². The maximum absolute atomic E-state index is 12.8. The van der Waals surface area contributed by atoms with Crippen LogP contribution in [0.1, 0.15) is 16.7 Å². The summed E-state index contributed by atoms with van der Waals surface area (Å²) in [5.41, 5.74) is 2.89. The minimum absolute atomic E-state index is 0.108. The van der Waals surface area contributed by atoms with Crippen LogP contribution in [0, 0.1) is 26.6 Å². The number of rotatable bonds is 0. The zero-order chi connectivity index (χ0) is 7.72. The van der Waals surface area contributed by atoms with Crippen molar-refractivity contribution in [2.24, 2.45) is 0 Å². The fourth-order valence-electron chi connectivity index (χ4n) is 0.925. The molecule has 0 aliphatic carbocycles. The normalized spacial score (nSPS) is 10.0. The second kappa shape index (κ2) is 2.41. The van der Waals surface area contributed by atoms with Crippen LogP contribution in [-0.4, -0.2) is 0 Å². The van der Waals surface area contributed by atoms with Crippen molar-refractivity contribution < 1.29 is 4.39 Å². The highest BCUT2D eigenvalue weighted by Gasteiger charge is 1.98. The van der Waals surface area contributed by atoms with E-state index < -0.39 is 0 Å². The summed E-state index contributed by atoms with van der Waals surface area (Å²) in [6.45, 7) is 5.68. The minimum atomic E-state index is -0.108. The van der Waals surface area contributed by atoms with Gasteiger partial charge in [0.25, 0.3) is 0 Å². The van der Waals surface area contributed by atoms with Crippen molar-refractivity contribution in [3.8, 4) is 0 Å². The molecule has 0 aromatic heterocycles. The molecule has 0 fully saturated rings. The summed E-state index contributed by atoms with van der Waals surface area (Å²) in [4.78, 5) is 0. The Morgan fingerprint density at radius 1 is 0.900 bits per heavy atom. The Morgan fingerprint density at radius 2 is 1.40 bits per heavy atom. The SMILES string of the molecule is Cc1cc(C)c([18F])cc1C. The lowest BCUT2D eigenvalue weighted by atomic mass is 10.1. The molecule has 1 rings (SSSR count). The summed E-state index contributed by atoms with van der Waals surface area (Å²) in [6, 6.07) is 3.44. The fourth-order valence-corrected chi connectivity index (χ4v) is 0.925. The average Bonchev–Trinajstić information content (AvgIpc) is 1.84. The van der Waals surface area contributed by atoms with E-state index in [-0.39, 0.29) is 5.82 Å². The van der Waals surface area contributed by atoms with Gasteiger partial charge < -0.3 is 0 Å². The van der Waals surface area contributed by atoms with Gasteiger partial charge in [0.15, 0.2) is 0 Å². The van der Waals surface area contributed by atoms with Gasteiger partial charge in [-0.3, -0.25) is 0 Å². The third kappa shape index (κ3) is 1.18. The molecule has 0 aliphatic heterocycles. The quantitative estimate of drug-likeness (QED) is 0.515. The lowest BCUT2D eigenvalue weighted by Gasteiger charge is -2.01. The summed E-state index contributed by atoms with van der Waals surface area (Å²) in [5, 5.41) is 0. The van der Waals surface area contributed by atoms with E-state index >= 15 is 0 Å². The van der Waals surface area contributed by atoms with Gasteiger partial charge in [0.1, 0.15) is 5.82 Å². The Hall–Kier alpha value is -0.850. The third-order valence-corrected chi connectivity index (χ3v) is 1.77. The van der Waals surface area contributed by atoms with Crippen molar-refractivity contribution in [3.05, 3.63) is 34.6 Å². The number of aryl methyl sites for hydroxylation is 3. The van der Waals surface area contributed by atoms with Crippen LogP contribution in [0.25, 0.3) is 0 Å². The Balaban J connectivity index is 3.28. The summed E-state index contributed by atoms with van der Waals surface area (Å²) >= 11 is 0. The molecule has 1 aromatic rings. The van der Waals surface area contributed by atoms with Gasteiger partial charge in [-0.05, 0) is 43.5 Å².